The first-order valence-corrected chi connectivity index (χ1v) is 13.4. The highest BCUT2D eigenvalue weighted by Gasteiger charge is 2.26. The molecule has 1 heterocycles. The third-order valence-corrected chi connectivity index (χ3v) is 7.04. The SMILES string of the molecule is CCCCCCCCCCCCc1ccccc1C(Sc1nnnn1CCCC(=O)O)C(=O)O. The molecule has 9 heteroatoms. The highest BCUT2D eigenvalue weighted by molar-refractivity contribution is 8.00. The monoisotopic (exact) mass is 490 g/mol. The van der Waals surface area contributed by atoms with Gasteiger partial charge in [0.2, 0.25) is 5.16 Å². The smallest absolute Gasteiger partial charge is 0.321 e. The summed E-state index contributed by atoms with van der Waals surface area (Å²) >= 11 is 1.09. The molecule has 188 valence electrons. The highest BCUT2D eigenvalue weighted by atomic mass is 32.2. The zero-order valence-corrected chi connectivity index (χ0v) is 21.0. The van der Waals surface area contributed by atoms with Crippen LogP contribution in [-0.4, -0.2) is 42.4 Å². The Kier molecular flexibility index (Phi) is 13.3. The number of aliphatic carboxylic acids is 2. The van der Waals surface area contributed by atoms with Crippen LogP contribution >= 0.6 is 11.8 Å². The van der Waals surface area contributed by atoms with Crippen LogP contribution in [0.15, 0.2) is 29.4 Å². The summed E-state index contributed by atoms with van der Waals surface area (Å²) in [5.74, 6) is -1.83. The van der Waals surface area contributed by atoms with Gasteiger partial charge in [0, 0.05) is 13.0 Å². The summed E-state index contributed by atoms with van der Waals surface area (Å²) in [6, 6.07) is 7.70. The number of carbonyl (C=O) groups is 2. The normalized spacial score (nSPS) is 12.0. The summed E-state index contributed by atoms with van der Waals surface area (Å²) in [7, 11) is 0. The van der Waals surface area contributed by atoms with Gasteiger partial charge in [-0.15, -0.1) is 5.10 Å². The lowest BCUT2D eigenvalue weighted by Crippen LogP contribution is -2.13. The van der Waals surface area contributed by atoms with Gasteiger partial charge < -0.3 is 10.2 Å². The molecule has 2 N–H and O–H groups in total. The Bertz CT molecular complexity index is 874. The lowest BCUT2D eigenvalue weighted by Gasteiger charge is -2.16. The van der Waals surface area contributed by atoms with Gasteiger partial charge in [0.15, 0.2) is 0 Å². The van der Waals surface area contributed by atoms with Gasteiger partial charge in [-0.2, -0.15) is 0 Å². The van der Waals surface area contributed by atoms with E-state index in [1.54, 1.807) is 0 Å². The number of nitrogens with zero attached hydrogens (tertiary/aromatic N) is 4. The molecule has 0 saturated carbocycles. The van der Waals surface area contributed by atoms with E-state index in [-0.39, 0.29) is 6.42 Å². The van der Waals surface area contributed by atoms with Gasteiger partial charge in [0.05, 0.1) is 0 Å². The lowest BCUT2D eigenvalue weighted by molar-refractivity contribution is -0.137. The number of unbranched alkanes of at least 4 members (excludes halogenated alkanes) is 9. The van der Waals surface area contributed by atoms with Gasteiger partial charge in [-0.3, -0.25) is 9.59 Å². The van der Waals surface area contributed by atoms with Crippen LogP contribution in [0.5, 0.6) is 0 Å². The molecule has 1 aromatic carbocycles. The molecule has 0 saturated heterocycles. The summed E-state index contributed by atoms with van der Waals surface area (Å²) in [5.41, 5.74) is 1.82. The maximum absolute atomic E-state index is 12.2. The fraction of sp³-hybridized carbons (Fsp3) is 0.640. The number of hydrogen-bond donors (Lipinski definition) is 2. The first-order chi connectivity index (χ1) is 16.5. The lowest BCUT2D eigenvalue weighted by atomic mass is 9.98. The number of aryl methyl sites for hydroxylation is 2. The quantitative estimate of drug-likeness (QED) is 0.184. The summed E-state index contributed by atoms with van der Waals surface area (Å²) in [5, 5.41) is 29.9. The molecule has 0 aliphatic carbocycles. The Balaban J connectivity index is 1.88. The van der Waals surface area contributed by atoms with E-state index in [9.17, 15) is 14.7 Å². The van der Waals surface area contributed by atoms with Gasteiger partial charge in [0.1, 0.15) is 5.25 Å². The van der Waals surface area contributed by atoms with E-state index in [1.165, 1.54) is 56.0 Å². The molecular weight excluding hydrogens is 452 g/mol. The second kappa shape index (κ2) is 16.2. The number of carboxylic acid groups (broad SMARTS) is 2. The average molecular weight is 491 g/mol. The van der Waals surface area contributed by atoms with Crippen LogP contribution in [0.2, 0.25) is 0 Å². The molecule has 0 spiro atoms. The maximum atomic E-state index is 12.2. The van der Waals surface area contributed by atoms with Crippen LogP contribution in [0, 0.1) is 0 Å². The van der Waals surface area contributed by atoms with Crippen molar-refractivity contribution >= 4 is 23.7 Å². The van der Waals surface area contributed by atoms with Crippen LogP contribution < -0.4 is 0 Å². The molecule has 2 rings (SSSR count). The van der Waals surface area contributed by atoms with Crippen LogP contribution in [0.4, 0.5) is 0 Å². The fourth-order valence-corrected chi connectivity index (χ4v) is 4.98. The van der Waals surface area contributed by atoms with Crippen molar-refractivity contribution in [3.05, 3.63) is 35.4 Å². The Morgan fingerprint density at radius 1 is 0.941 bits per heavy atom. The van der Waals surface area contributed by atoms with Gasteiger partial charge in [-0.1, -0.05) is 101 Å². The fourth-order valence-electron chi connectivity index (χ4n) is 3.97. The predicted octanol–water partition coefficient (Wildman–Crippen LogP) is 5.92. The second-order valence-electron chi connectivity index (χ2n) is 8.65. The first kappa shape index (κ1) is 27.8. The summed E-state index contributed by atoms with van der Waals surface area (Å²) < 4.78 is 1.48. The zero-order chi connectivity index (χ0) is 24.6. The van der Waals surface area contributed by atoms with Crippen LogP contribution in [0.3, 0.4) is 0 Å². The molecular formula is C25H38N4O4S. The Morgan fingerprint density at radius 2 is 1.59 bits per heavy atom. The Labute approximate surface area is 206 Å². The number of hydrogen-bond acceptors (Lipinski definition) is 6. The van der Waals surface area contributed by atoms with Crippen molar-refractivity contribution in [2.75, 3.05) is 0 Å². The van der Waals surface area contributed by atoms with Gasteiger partial charge in [-0.25, -0.2) is 4.68 Å². The van der Waals surface area contributed by atoms with Crippen molar-refractivity contribution < 1.29 is 19.8 Å². The second-order valence-corrected chi connectivity index (χ2v) is 9.72. The number of benzene rings is 1. The van der Waals surface area contributed by atoms with Gasteiger partial charge in [0.25, 0.3) is 0 Å². The van der Waals surface area contributed by atoms with Gasteiger partial charge in [-0.05, 0) is 40.8 Å². The summed E-state index contributed by atoms with van der Waals surface area (Å²) in [4.78, 5) is 22.9. The van der Waals surface area contributed by atoms with E-state index in [0.717, 1.165) is 42.2 Å². The largest absolute Gasteiger partial charge is 0.481 e. The standard InChI is InChI=1S/C25H38N4O4S/c1-2-3-4-5-6-7-8-9-10-11-15-20-16-12-13-17-21(20)23(24(32)33)34-25-26-27-28-29(25)19-14-18-22(30)31/h12-13,16-17,23H,2-11,14-15,18-19H2,1H3,(H,30,31)(H,32,33). The van der Waals surface area contributed by atoms with Crippen LogP contribution in [0.25, 0.3) is 0 Å². The molecule has 1 aromatic heterocycles. The van der Waals surface area contributed by atoms with Crippen molar-refractivity contribution in [3.8, 4) is 0 Å². The van der Waals surface area contributed by atoms with E-state index < -0.39 is 17.2 Å². The van der Waals surface area contributed by atoms with E-state index in [0.29, 0.717) is 18.1 Å². The van der Waals surface area contributed by atoms with Crippen molar-refractivity contribution in [1.82, 2.24) is 20.2 Å². The number of rotatable bonds is 19. The third kappa shape index (κ3) is 10.2. The molecule has 2 aromatic rings. The van der Waals surface area contributed by atoms with Crippen molar-refractivity contribution in [2.45, 2.75) is 107 Å². The third-order valence-electron chi connectivity index (χ3n) is 5.84. The molecule has 0 fully saturated rings. The van der Waals surface area contributed by atoms with E-state index in [1.807, 2.05) is 24.3 Å². The molecule has 0 amide bonds. The summed E-state index contributed by atoms with van der Waals surface area (Å²) in [6.45, 7) is 2.57. The number of tetrazole rings is 1. The topological polar surface area (TPSA) is 118 Å². The molecule has 0 radical (unpaired) electrons. The highest BCUT2D eigenvalue weighted by Crippen LogP contribution is 2.36. The van der Waals surface area contributed by atoms with Gasteiger partial charge >= 0.3 is 11.9 Å². The molecule has 1 unspecified atom stereocenters. The minimum atomic E-state index is -0.944. The molecule has 34 heavy (non-hydrogen) atoms. The van der Waals surface area contributed by atoms with Crippen molar-refractivity contribution in [3.63, 3.8) is 0 Å². The summed E-state index contributed by atoms with van der Waals surface area (Å²) in [6.07, 6.45) is 13.9. The van der Waals surface area contributed by atoms with Crippen LogP contribution in [-0.2, 0) is 22.6 Å². The molecule has 1 atom stereocenters. The molecule has 8 nitrogen and oxygen atoms in total. The van der Waals surface area contributed by atoms with E-state index >= 15 is 0 Å². The average Bonchev–Trinajstić information content (AvgIpc) is 3.25. The maximum Gasteiger partial charge on any atom is 0.321 e. The van der Waals surface area contributed by atoms with Crippen LogP contribution in [0.1, 0.15) is 100 Å². The predicted molar refractivity (Wildman–Crippen MR) is 133 cm³/mol. The Morgan fingerprint density at radius 3 is 2.24 bits per heavy atom. The zero-order valence-electron chi connectivity index (χ0n) is 20.2. The number of aromatic nitrogens is 4. The number of thioether (sulfide) groups is 1. The molecule has 0 aliphatic heterocycles. The van der Waals surface area contributed by atoms with Crippen molar-refractivity contribution in [1.29, 1.82) is 0 Å². The number of carboxylic acids is 2. The van der Waals surface area contributed by atoms with E-state index in [2.05, 4.69) is 22.4 Å². The minimum Gasteiger partial charge on any atom is -0.481 e. The first-order valence-electron chi connectivity index (χ1n) is 12.5. The Hall–Kier alpha value is -2.42. The minimum absolute atomic E-state index is 0.00795. The molecule has 0 aliphatic rings. The van der Waals surface area contributed by atoms with E-state index in [4.69, 9.17) is 5.11 Å². The molecule has 0 bridgehead atoms. The van der Waals surface area contributed by atoms with Crippen molar-refractivity contribution in [2.24, 2.45) is 0 Å².